The van der Waals surface area contributed by atoms with E-state index in [-0.39, 0.29) is 11.3 Å². The van der Waals surface area contributed by atoms with Gasteiger partial charge in [-0.2, -0.15) is 0 Å². The highest BCUT2D eigenvalue weighted by Gasteiger charge is 2.27. The molecule has 0 spiro atoms. The molecule has 0 atom stereocenters. The van der Waals surface area contributed by atoms with Crippen LogP contribution in [0.15, 0.2) is 18.3 Å². The average molecular weight is 264 g/mol. The van der Waals surface area contributed by atoms with E-state index in [1.54, 1.807) is 18.3 Å². The normalized spacial score (nSPS) is 17.8. The molecule has 1 aliphatic heterocycles. The molecule has 1 aromatic heterocycles. The topological polar surface area (TPSA) is 89.3 Å². The Kier molecular flexibility index (Phi) is 4.34. The smallest absolute Gasteiger partial charge is 0.269 e. The third-order valence-corrected chi connectivity index (χ3v) is 3.53. The second-order valence-corrected chi connectivity index (χ2v) is 5.18. The van der Waals surface area contributed by atoms with Crippen LogP contribution in [0.4, 0.5) is 5.69 Å². The van der Waals surface area contributed by atoms with Gasteiger partial charge < -0.3 is 15.5 Å². The van der Waals surface area contributed by atoms with Gasteiger partial charge in [-0.1, -0.05) is 6.92 Å². The molecule has 0 unspecified atom stereocenters. The minimum Gasteiger partial charge on any atom is -0.381 e. The maximum atomic E-state index is 12.0. The van der Waals surface area contributed by atoms with E-state index in [1.165, 1.54) is 0 Å². The predicted molar refractivity (Wildman–Crippen MR) is 72.5 cm³/mol. The van der Waals surface area contributed by atoms with Crippen LogP contribution in [0, 0.1) is 5.41 Å². The zero-order valence-electron chi connectivity index (χ0n) is 11.1. The summed E-state index contributed by atoms with van der Waals surface area (Å²) < 4.78 is 5.34. The Bertz CT molecular complexity index is 444. The lowest BCUT2D eigenvalue weighted by atomic mass is 9.82. The van der Waals surface area contributed by atoms with E-state index in [9.17, 15) is 4.79 Å². The van der Waals surface area contributed by atoms with Gasteiger partial charge in [-0.25, -0.2) is 0 Å². The summed E-state index contributed by atoms with van der Waals surface area (Å²) >= 11 is 0. The zero-order valence-corrected chi connectivity index (χ0v) is 11.1. The van der Waals surface area contributed by atoms with Crippen LogP contribution in [-0.4, -0.2) is 30.6 Å². The Balaban J connectivity index is 1.93. The van der Waals surface area contributed by atoms with E-state index in [0.29, 0.717) is 17.9 Å². The van der Waals surface area contributed by atoms with Gasteiger partial charge in [0.1, 0.15) is 5.69 Å². The van der Waals surface area contributed by atoms with E-state index >= 15 is 0 Å². The Morgan fingerprint density at radius 2 is 2.26 bits per heavy atom. The molecule has 0 aromatic carbocycles. The lowest BCUT2D eigenvalue weighted by molar-refractivity contribution is 0.0238. The van der Waals surface area contributed by atoms with Crippen molar-refractivity contribution in [3.63, 3.8) is 0 Å². The third-order valence-electron chi connectivity index (χ3n) is 3.53. The lowest BCUT2D eigenvalue weighted by Gasteiger charge is -2.33. The molecule has 2 rings (SSSR count). The first-order valence-corrected chi connectivity index (χ1v) is 6.42. The number of hydrazine groups is 1. The van der Waals surface area contributed by atoms with Crippen LogP contribution in [0.2, 0.25) is 0 Å². The van der Waals surface area contributed by atoms with Gasteiger partial charge in [0.2, 0.25) is 0 Å². The molecule has 1 aliphatic rings. The van der Waals surface area contributed by atoms with E-state index in [1.807, 2.05) is 0 Å². The quantitative estimate of drug-likeness (QED) is 0.555. The van der Waals surface area contributed by atoms with Gasteiger partial charge >= 0.3 is 0 Å². The second-order valence-electron chi connectivity index (χ2n) is 5.18. The zero-order chi connectivity index (χ0) is 13.7. The molecule has 4 N–H and O–H groups in total. The first-order valence-electron chi connectivity index (χ1n) is 6.42. The lowest BCUT2D eigenvalue weighted by Crippen LogP contribution is -2.39. The summed E-state index contributed by atoms with van der Waals surface area (Å²) in [5.41, 5.74) is 3.64. The Morgan fingerprint density at radius 1 is 1.53 bits per heavy atom. The number of aromatic nitrogens is 1. The number of ether oxygens (including phenoxy) is 1. The summed E-state index contributed by atoms with van der Waals surface area (Å²) in [4.78, 5) is 16.1. The summed E-state index contributed by atoms with van der Waals surface area (Å²) in [5, 5.41) is 2.93. The minimum absolute atomic E-state index is 0.109. The third kappa shape index (κ3) is 3.65. The molecule has 1 saturated heterocycles. The van der Waals surface area contributed by atoms with Gasteiger partial charge in [0.15, 0.2) is 0 Å². The summed E-state index contributed by atoms with van der Waals surface area (Å²) in [6, 6.07) is 3.33. The van der Waals surface area contributed by atoms with Crippen LogP contribution in [-0.2, 0) is 4.74 Å². The Hall–Kier alpha value is -1.66. The molecular formula is C13H20N4O2. The number of pyridine rings is 1. The van der Waals surface area contributed by atoms with Crippen molar-refractivity contribution in [2.45, 2.75) is 19.8 Å². The number of anilines is 1. The second kappa shape index (κ2) is 5.99. The van der Waals surface area contributed by atoms with Gasteiger partial charge in [0.05, 0.1) is 5.69 Å². The standard InChI is InChI=1S/C13H20N4O2/c1-13(3-6-19-7-4-13)9-16-12(18)11-8-10(17-14)2-5-15-11/h2,5,8H,3-4,6-7,9,14H2,1H3,(H,15,17)(H,16,18). The average Bonchev–Trinajstić information content (AvgIpc) is 2.46. The van der Waals surface area contributed by atoms with Crippen molar-refractivity contribution >= 4 is 11.6 Å². The molecule has 1 amide bonds. The highest BCUT2D eigenvalue weighted by molar-refractivity contribution is 5.93. The number of carbonyl (C=O) groups is 1. The van der Waals surface area contributed by atoms with E-state index in [4.69, 9.17) is 10.6 Å². The summed E-state index contributed by atoms with van der Waals surface area (Å²) in [6.45, 7) is 4.33. The summed E-state index contributed by atoms with van der Waals surface area (Å²) in [7, 11) is 0. The number of nitrogen functional groups attached to an aromatic ring is 1. The maximum absolute atomic E-state index is 12.0. The molecule has 0 bridgehead atoms. The predicted octanol–water partition coefficient (Wildman–Crippen LogP) is 0.914. The van der Waals surface area contributed by atoms with Crippen molar-refractivity contribution < 1.29 is 9.53 Å². The number of amides is 1. The Labute approximate surface area is 112 Å². The monoisotopic (exact) mass is 264 g/mol. The number of carbonyl (C=O) groups excluding carboxylic acids is 1. The van der Waals surface area contributed by atoms with Crippen molar-refractivity contribution in [3.05, 3.63) is 24.0 Å². The fourth-order valence-electron chi connectivity index (χ4n) is 2.07. The van der Waals surface area contributed by atoms with Crippen molar-refractivity contribution in [2.75, 3.05) is 25.2 Å². The number of hydrogen-bond donors (Lipinski definition) is 3. The van der Waals surface area contributed by atoms with Gasteiger partial charge in [0.25, 0.3) is 5.91 Å². The van der Waals surface area contributed by atoms with Crippen LogP contribution in [0.1, 0.15) is 30.3 Å². The molecule has 0 radical (unpaired) electrons. The minimum atomic E-state index is -0.176. The SMILES string of the molecule is CC1(CNC(=O)c2cc(NN)ccn2)CCOCC1. The Morgan fingerprint density at radius 3 is 2.95 bits per heavy atom. The molecule has 0 aliphatic carbocycles. The highest BCUT2D eigenvalue weighted by atomic mass is 16.5. The van der Waals surface area contributed by atoms with Crippen molar-refractivity contribution in [2.24, 2.45) is 11.3 Å². The molecule has 1 aromatic rings. The summed E-state index contributed by atoms with van der Waals surface area (Å²) in [6.07, 6.45) is 3.48. The van der Waals surface area contributed by atoms with Crippen molar-refractivity contribution in [1.29, 1.82) is 0 Å². The van der Waals surface area contributed by atoms with Crippen LogP contribution in [0.25, 0.3) is 0 Å². The van der Waals surface area contributed by atoms with Crippen molar-refractivity contribution in [1.82, 2.24) is 10.3 Å². The van der Waals surface area contributed by atoms with E-state index < -0.39 is 0 Å². The van der Waals surface area contributed by atoms with Gasteiger partial charge in [-0.05, 0) is 30.4 Å². The fourth-order valence-corrected chi connectivity index (χ4v) is 2.07. The number of hydrogen-bond acceptors (Lipinski definition) is 5. The molecule has 19 heavy (non-hydrogen) atoms. The largest absolute Gasteiger partial charge is 0.381 e. The molecule has 2 heterocycles. The first-order chi connectivity index (χ1) is 9.13. The number of nitrogens with two attached hydrogens (primary N) is 1. The van der Waals surface area contributed by atoms with Gasteiger partial charge in [0, 0.05) is 26.0 Å². The molecule has 6 heteroatoms. The van der Waals surface area contributed by atoms with Gasteiger partial charge in [-0.15, -0.1) is 0 Å². The molecular weight excluding hydrogens is 244 g/mol. The molecule has 6 nitrogen and oxygen atoms in total. The molecule has 104 valence electrons. The van der Waals surface area contributed by atoms with Crippen LogP contribution in [0.3, 0.4) is 0 Å². The van der Waals surface area contributed by atoms with Crippen LogP contribution < -0.4 is 16.6 Å². The summed E-state index contributed by atoms with van der Waals surface area (Å²) in [5.74, 6) is 5.13. The number of nitrogens with zero attached hydrogens (tertiary/aromatic N) is 1. The number of rotatable bonds is 4. The van der Waals surface area contributed by atoms with E-state index in [0.717, 1.165) is 26.1 Å². The molecule has 0 saturated carbocycles. The van der Waals surface area contributed by atoms with Gasteiger partial charge in [-0.3, -0.25) is 15.6 Å². The number of nitrogens with one attached hydrogen (secondary N) is 2. The van der Waals surface area contributed by atoms with Crippen molar-refractivity contribution in [3.8, 4) is 0 Å². The maximum Gasteiger partial charge on any atom is 0.269 e. The molecule has 1 fully saturated rings. The van der Waals surface area contributed by atoms with E-state index in [2.05, 4.69) is 22.7 Å². The fraction of sp³-hybridized carbons (Fsp3) is 0.538. The first kappa shape index (κ1) is 13.8. The van der Waals surface area contributed by atoms with Crippen LogP contribution in [0.5, 0.6) is 0 Å². The highest BCUT2D eigenvalue weighted by Crippen LogP contribution is 2.28. The van der Waals surface area contributed by atoms with Crippen LogP contribution >= 0.6 is 0 Å².